The van der Waals surface area contributed by atoms with Crippen LogP contribution in [-0.2, 0) is 39.6 Å². The average Bonchev–Trinajstić information content (AvgIpc) is 3.22. The van der Waals surface area contributed by atoms with E-state index in [-0.39, 0.29) is 29.2 Å². The molecule has 0 bridgehead atoms. The number of hydrogen-bond donors (Lipinski definition) is 3. The first kappa shape index (κ1) is 25.3. The molecule has 12 heteroatoms. The van der Waals surface area contributed by atoms with Gasteiger partial charge in [-0.15, -0.1) is 0 Å². The Morgan fingerprint density at radius 3 is 2.79 bits per heavy atom. The Labute approximate surface area is 171 Å². The third-order valence-corrected chi connectivity index (χ3v) is 3.37. The molecule has 2 aromatic heterocycles. The van der Waals surface area contributed by atoms with E-state index in [1.165, 1.54) is 13.4 Å². The fourth-order valence-corrected chi connectivity index (χ4v) is 2.15. The molecule has 0 saturated heterocycles. The van der Waals surface area contributed by atoms with Gasteiger partial charge in [-0.2, -0.15) is 0 Å². The fraction of sp³-hybridized carbons (Fsp3) is 0.375. The maximum Gasteiger partial charge on any atom is 3.00 e. The number of nitrogens with two attached hydrogens (primary N) is 1. The van der Waals surface area contributed by atoms with E-state index in [1.807, 2.05) is 0 Å². The Morgan fingerprint density at radius 2 is 2.18 bits per heavy atom. The molecule has 0 fully saturated rings. The Bertz CT molecular complexity index is 728. The molecule has 2 heterocycles. The molecule has 0 aromatic carbocycles. The van der Waals surface area contributed by atoms with E-state index < -0.39 is 17.9 Å². The Morgan fingerprint density at radius 1 is 1.43 bits per heavy atom. The van der Waals surface area contributed by atoms with Crippen LogP contribution < -0.4 is 16.2 Å². The van der Waals surface area contributed by atoms with Crippen molar-refractivity contribution in [3.8, 4) is 0 Å². The van der Waals surface area contributed by atoms with Crippen LogP contribution in [0.4, 0.5) is 0 Å². The van der Waals surface area contributed by atoms with Crippen LogP contribution in [-0.4, -0.2) is 53.1 Å². The maximum absolute atomic E-state index is 12.4. The third kappa shape index (κ3) is 8.35. The largest absolute Gasteiger partial charge is 3.00 e. The fourth-order valence-electron chi connectivity index (χ4n) is 2.15. The molecule has 0 aliphatic rings. The molecule has 0 amide bonds. The zero-order valence-corrected chi connectivity index (χ0v) is 16.2. The second-order valence-corrected chi connectivity index (χ2v) is 5.23. The van der Waals surface area contributed by atoms with Crippen molar-refractivity contribution < 1.29 is 31.7 Å². The standard InChI is InChI=1S/C16H22N6O3.Fe.O2/c1-25-16(24)14(7-12-9-19-10-20-12)22-15(23)13-4-2-3-11(21-13)8-18-6-5-17;;1-2/h2-4,9-10,14,18H,5-8,17H2,1H3,(H,19,20)(H,22,23);;/q;+3;/p-1. The molecule has 2 rings (SSSR count). The van der Waals surface area contributed by atoms with Gasteiger partial charge in [0.2, 0.25) is 0 Å². The van der Waals surface area contributed by atoms with E-state index in [0.29, 0.717) is 31.0 Å². The summed E-state index contributed by atoms with van der Waals surface area (Å²) in [5.41, 5.74) is 6.96. The molecule has 0 aliphatic carbocycles. The number of rotatable bonds is 9. The van der Waals surface area contributed by atoms with Crippen LogP contribution >= 0.6 is 0 Å². The number of methoxy groups -OCH3 is 1. The average molecular weight is 433 g/mol. The minimum Gasteiger partial charge on any atom is -0.857 e. The van der Waals surface area contributed by atoms with Crippen molar-refractivity contribution >= 4 is 11.9 Å². The van der Waals surface area contributed by atoms with Crippen molar-refractivity contribution in [1.82, 2.24) is 20.3 Å². The second-order valence-electron chi connectivity index (χ2n) is 5.23. The van der Waals surface area contributed by atoms with Gasteiger partial charge in [0.05, 0.1) is 24.8 Å². The van der Waals surface area contributed by atoms with E-state index in [2.05, 4.69) is 25.3 Å². The van der Waals surface area contributed by atoms with Crippen molar-refractivity contribution in [2.75, 3.05) is 20.2 Å². The first-order valence-corrected chi connectivity index (χ1v) is 7.97. The summed E-state index contributed by atoms with van der Waals surface area (Å²) in [5.74, 6) is -1.17. The van der Waals surface area contributed by atoms with E-state index in [1.54, 1.807) is 24.4 Å². The number of carbonyl (C=O) groups excluding carboxylic acids is 1. The van der Waals surface area contributed by atoms with E-state index in [9.17, 15) is 9.90 Å². The van der Waals surface area contributed by atoms with Gasteiger partial charge in [0.25, 0.3) is 0 Å². The molecule has 11 nitrogen and oxygen atoms in total. The predicted molar refractivity (Wildman–Crippen MR) is 96.4 cm³/mol. The summed E-state index contributed by atoms with van der Waals surface area (Å²) in [6, 6.07) is 4.11. The first-order chi connectivity index (χ1) is 13.1. The van der Waals surface area contributed by atoms with Crippen LogP contribution in [0.25, 0.3) is 0 Å². The van der Waals surface area contributed by atoms with Crippen LogP contribution in [0.5, 0.6) is 0 Å². The number of ether oxygens (including phenoxy) is 1. The van der Waals surface area contributed by atoms with Crippen molar-refractivity contribution in [1.29, 1.82) is 0 Å². The maximum atomic E-state index is 12.4. The van der Waals surface area contributed by atoms with Gasteiger partial charge in [-0.25, -0.2) is 9.78 Å². The number of esters is 1. The number of aliphatic imine (C=N–C) groups is 1. The van der Waals surface area contributed by atoms with Crippen LogP contribution in [0, 0.1) is 9.93 Å². The van der Waals surface area contributed by atoms with Gasteiger partial charge >= 0.3 is 23.0 Å². The summed E-state index contributed by atoms with van der Waals surface area (Å²) in [5, 5.41) is 15.5. The molecule has 1 atom stereocenters. The van der Waals surface area contributed by atoms with E-state index >= 15 is 0 Å². The summed E-state index contributed by atoms with van der Waals surface area (Å²) in [6.07, 6.45) is 3.25. The topological polar surface area (TPSA) is 175 Å². The Hall–Kier alpha value is -2.66. The van der Waals surface area contributed by atoms with Crippen LogP contribution in [0.2, 0.25) is 0 Å². The minimum atomic E-state index is -0.959. The number of nitrogens with one attached hydrogen (secondary N) is 2. The van der Waals surface area contributed by atoms with Crippen molar-refractivity contribution in [3.05, 3.63) is 57.7 Å². The third-order valence-electron chi connectivity index (χ3n) is 3.37. The second kappa shape index (κ2) is 14.4. The monoisotopic (exact) mass is 433 g/mol. The number of H-pyrrole nitrogens is 1. The number of aromatic amines is 1. The summed E-state index contributed by atoms with van der Waals surface area (Å²) in [7, 11) is 1.25. The van der Waals surface area contributed by atoms with Crippen molar-refractivity contribution in [3.63, 3.8) is 0 Å². The molecule has 4 N–H and O–H groups in total. The predicted octanol–water partition coefficient (Wildman–Crippen LogP) is -1.19. The van der Waals surface area contributed by atoms with Crippen LogP contribution in [0.15, 0.2) is 35.7 Å². The first-order valence-electron chi connectivity index (χ1n) is 7.97. The normalized spacial score (nSPS) is 11.6. The molecule has 2 aromatic rings. The smallest absolute Gasteiger partial charge is 0.857 e. The number of aromatic nitrogens is 3. The summed E-state index contributed by atoms with van der Waals surface area (Å²) >= 11 is 0. The molecular weight excluding hydrogens is 412 g/mol. The number of pyridine rings is 1. The quantitative estimate of drug-likeness (QED) is 0.144. The van der Waals surface area contributed by atoms with Gasteiger partial charge in [-0.05, 0) is 12.1 Å². The van der Waals surface area contributed by atoms with Crippen LogP contribution in [0.1, 0.15) is 17.1 Å². The molecule has 0 aliphatic heterocycles. The van der Waals surface area contributed by atoms with E-state index in [0.717, 1.165) is 0 Å². The zero-order chi connectivity index (χ0) is 20.1. The summed E-state index contributed by atoms with van der Waals surface area (Å²) in [6.45, 7) is 1.66. The van der Waals surface area contributed by atoms with Crippen molar-refractivity contribution in [2.45, 2.75) is 19.0 Å². The van der Waals surface area contributed by atoms with Crippen LogP contribution in [0.3, 0.4) is 0 Å². The molecular formula is C16H21FeN6O5+2. The zero-order valence-electron chi connectivity index (χ0n) is 15.1. The number of imidazole rings is 1. The summed E-state index contributed by atoms with van der Waals surface area (Å²) < 4.78 is 4.73. The van der Waals surface area contributed by atoms with Gasteiger partial charge in [0.1, 0.15) is 0 Å². The molecule has 151 valence electrons. The minimum absolute atomic E-state index is 0. The molecule has 0 saturated carbocycles. The number of hydrogen-bond acceptors (Lipinski definition) is 10. The molecule has 0 spiro atoms. The van der Waals surface area contributed by atoms with Gasteiger partial charge in [0, 0.05) is 53.8 Å². The SMILES string of the molecule is COC(=O)C(Cc1cnc[nH]1)N=C([O-])c1cccc(CNCCN)n1.O=O.[Fe+3]. The molecule has 1 radical (unpaired) electrons. The van der Waals surface area contributed by atoms with Gasteiger partial charge < -0.3 is 25.9 Å². The van der Waals surface area contributed by atoms with Gasteiger partial charge in [-0.1, -0.05) is 6.07 Å². The number of carbonyl (C=O) groups is 1. The van der Waals surface area contributed by atoms with E-state index in [4.69, 9.17) is 20.4 Å². The number of nitrogens with zero attached hydrogens (tertiary/aromatic N) is 3. The molecule has 1 unspecified atom stereocenters. The van der Waals surface area contributed by atoms with Gasteiger partial charge in [0.15, 0.2) is 6.04 Å². The Balaban J connectivity index is 0.00000235. The summed E-state index contributed by atoms with van der Waals surface area (Å²) in [4.78, 5) is 40.9. The van der Waals surface area contributed by atoms with Gasteiger partial charge in [-0.3, -0.25) is 9.98 Å². The molecule has 28 heavy (non-hydrogen) atoms. The van der Waals surface area contributed by atoms with Crippen molar-refractivity contribution in [2.24, 2.45) is 10.7 Å². The Kier molecular flexibility index (Phi) is 13.0.